The van der Waals surface area contributed by atoms with E-state index in [0.717, 1.165) is 25.0 Å². The van der Waals surface area contributed by atoms with Crippen molar-refractivity contribution in [3.05, 3.63) is 70.7 Å². The Morgan fingerprint density at radius 2 is 1.86 bits per heavy atom. The van der Waals surface area contributed by atoms with Crippen molar-refractivity contribution in [2.24, 2.45) is 16.6 Å². The van der Waals surface area contributed by atoms with Gasteiger partial charge in [0, 0.05) is 35.8 Å². The number of amides is 1. The summed E-state index contributed by atoms with van der Waals surface area (Å²) in [5.41, 5.74) is 3.90. The average molecular weight is 503 g/mol. The third-order valence-electron chi connectivity index (χ3n) is 6.81. The van der Waals surface area contributed by atoms with Crippen molar-refractivity contribution in [1.29, 1.82) is 0 Å². The number of halogens is 4. The maximum atomic E-state index is 14.6. The molecule has 0 radical (unpaired) electrons. The summed E-state index contributed by atoms with van der Waals surface area (Å²) in [4.78, 5) is 29.3. The van der Waals surface area contributed by atoms with Crippen molar-refractivity contribution >= 4 is 29.4 Å². The number of nitrogens with two attached hydrogens (primary N) is 1. The van der Waals surface area contributed by atoms with Crippen LogP contribution in [0, 0.1) is 11.7 Å². The van der Waals surface area contributed by atoms with E-state index >= 15 is 0 Å². The smallest absolute Gasteiger partial charge is 0.416 e. The molecule has 2 fully saturated rings. The van der Waals surface area contributed by atoms with Gasteiger partial charge in [-0.2, -0.15) is 13.2 Å². The second-order valence-electron chi connectivity index (χ2n) is 9.21. The second kappa shape index (κ2) is 9.75. The standard InChI is InChI=1S/C26H25F4N3O3/c27-22-10-17(26(28,29)30)4-7-21(22)25(8-9-25)24(36)33-18-5-6-19(20(11-18)23(34)35)16(12-31)14-32-13-15-2-1-3-15/h4-7,10-12,14-15H,1-3,8-9,13,31H2,(H,33,36)(H,34,35). The fourth-order valence-corrected chi connectivity index (χ4v) is 4.30. The molecule has 1 amide bonds. The fraction of sp³-hybridized carbons (Fsp3) is 0.346. The molecule has 2 aliphatic rings. The molecule has 2 aliphatic carbocycles. The number of aliphatic imine (C=N–C) groups is 1. The van der Waals surface area contributed by atoms with Gasteiger partial charge in [0.2, 0.25) is 5.91 Å². The number of carbonyl (C=O) groups excluding carboxylic acids is 1. The van der Waals surface area contributed by atoms with Crippen molar-refractivity contribution in [3.63, 3.8) is 0 Å². The summed E-state index contributed by atoms with van der Waals surface area (Å²) in [6.07, 6.45) is 2.01. The monoisotopic (exact) mass is 503 g/mol. The zero-order valence-electron chi connectivity index (χ0n) is 19.2. The van der Waals surface area contributed by atoms with Gasteiger partial charge in [0.25, 0.3) is 0 Å². The number of nitrogens with zero attached hydrogens (tertiary/aromatic N) is 1. The number of carbonyl (C=O) groups is 2. The molecule has 4 N–H and O–H groups in total. The van der Waals surface area contributed by atoms with Crippen LogP contribution in [0.1, 0.15) is 59.2 Å². The van der Waals surface area contributed by atoms with Gasteiger partial charge in [0.05, 0.1) is 16.5 Å². The highest BCUT2D eigenvalue weighted by molar-refractivity contribution is 6.13. The van der Waals surface area contributed by atoms with E-state index in [9.17, 15) is 32.3 Å². The number of hydrogen-bond donors (Lipinski definition) is 3. The minimum absolute atomic E-state index is 0.120. The summed E-state index contributed by atoms with van der Waals surface area (Å²) in [6, 6.07) is 6.35. The van der Waals surface area contributed by atoms with Crippen molar-refractivity contribution in [3.8, 4) is 0 Å². The quantitative estimate of drug-likeness (QED) is 0.332. The number of alkyl halides is 3. The summed E-state index contributed by atoms with van der Waals surface area (Å²) in [5, 5.41) is 12.3. The van der Waals surface area contributed by atoms with E-state index in [1.165, 1.54) is 37.0 Å². The molecule has 0 spiro atoms. The number of benzene rings is 2. The molecular weight excluding hydrogens is 478 g/mol. The van der Waals surface area contributed by atoms with Gasteiger partial charge in [-0.15, -0.1) is 0 Å². The lowest BCUT2D eigenvalue weighted by Crippen LogP contribution is -2.29. The molecule has 36 heavy (non-hydrogen) atoms. The van der Waals surface area contributed by atoms with Crippen molar-refractivity contribution in [2.45, 2.75) is 43.7 Å². The number of allylic oxidation sites excluding steroid dienone is 1. The number of nitrogens with one attached hydrogen (secondary N) is 1. The number of aromatic carboxylic acids is 1. The largest absolute Gasteiger partial charge is 0.478 e. The molecule has 0 atom stereocenters. The zero-order chi connectivity index (χ0) is 26.1. The predicted molar refractivity (Wildman–Crippen MR) is 127 cm³/mol. The van der Waals surface area contributed by atoms with Crippen molar-refractivity contribution < 1.29 is 32.3 Å². The summed E-state index contributed by atoms with van der Waals surface area (Å²) >= 11 is 0. The van der Waals surface area contributed by atoms with Gasteiger partial charge in [-0.25, -0.2) is 9.18 Å². The summed E-state index contributed by atoms with van der Waals surface area (Å²) < 4.78 is 53.2. The molecular formula is C26H25F4N3O3. The Bertz CT molecular complexity index is 1250. The summed E-state index contributed by atoms with van der Waals surface area (Å²) in [6.45, 7) is 0.635. The van der Waals surface area contributed by atoms with E-state index in [2.05, 4.69) is 10.3 Å². The molecule has 0 aliphatic heterocycles. The molecule has 0 saturated heterocycles. The SMILES string of the molecule is NC=C(C=NCC1CCC1)c1ccc(NC(=O)C2(c3ccc(C(F)(F)F)cc3F)CC2)cc1C(=O)O. The third-order valence-corrected chi connectivity index (χ3v) is 6.81. The van der Waals surface area contributed by atoms with Crippen LogP contribution in [0.25, 0.3) is 5.57 Å². The number of carboxylic acid groups (broad SMARTS) is 1. The van der Waals surface area contributed by atoms with Crippen LogP contribution >= 0.6 is 0 Å². The fourth-order valence-electron chi connectivity index (χ4n) is 4.30. The molecule has 0 aromatic heterocycles. The average Bonchev–Trinajstić information content (AvgIpc) is 3.59. The Balaban J connectivity index is 1.54. The normalized spacial score (nSPS) is 17.6. The number of anilines is 1. The highest BCUT2D eigenvalue weighted by atomic mass is 19.4. The van der Waals surface area contributed by atoms with Gasteiger partial charge in [-0.3, -0.25) is 9.79 Å². The van der Waals surface area contributed by atoms with Gasteiger partial charge in [-0.05, 0) is 61.4 Å². The van der Waals surface area contributed by atoms with Crippen LogP contribution in [-0.2, 0) is 16.4 Å². The molecule has 0 bridgehead atoms. The highest BCUT2D eigenvalue weighted by Crippen LogP contribution is 2.50. The maximum Gasteiger partial charge on any atom is 0.416 e. The van der Waals surface area contributed by atoms with Crippen LogP contribution < -0.4 is 11.1 Å². The van der Waals surface area contributed by atoms with E-state index in [1.54, 1.807) is 0 Å². The lowest BCUT2D eigenvalue weighted by Gasteiger charge is -2.22. The first-order valence-electron chi connectivity index (χ1n) is 11.5. The molecule has 10 heteroatoms. The van der Waals surface area contributed by atoms with E-state index < -0.39 is 34.8 Å². The number of carboxylic acids is 1. The third kappa shape index (κ3) is 5.12. The molecule has 2 aromatic carbocycles. The molecule has 6 nitrogen and oxygen atoms in total. The van der Waals surface area contributed by atoms with Crippen molar-refractivity contribution in [2.75, 3.05) is 11.9 Å². The first-order valence-corrected chi connectivity index (χ1v) is 11.5. The lowest BCUT2D eigenvalue weighted by molar-refractivity contribution is -0.137. The van der Waals surface area contributed by atoms with Crippen LogP contribution in [0.2, 0.25) is 0 Å². The minimum atomic E-state index is -4.70. The van der Waals surface area contributed by atoms with Crippen LogP contribution in [0.5, 0.6) is 0 Å². The van der Waals surface area contributed by atoms with E-state index in [1.807, 2.05) is 0 Å². The molecule has 2 saturated carbocycles. The Morgan fingerprint density at radius 1 is 1.14 bits per heavy atom. The first kappa shape index (κ1) is 25.4. The molecule has 190 valence electrons. The van der Waals surface area contributed by atoms with Crippen LogP contribution in [0.4, 0.5) is 23.2 Å². The predicted octanol–water partition coefficient (Wildman–Crippen LogP) is 5.38. The Hall–Kier alpha value is -3.69. The van der Waals surface area contributed by atoms with Gasteiger partial charge < -0.3 is 16.2 Å². The van der Waals surface area contributed by atoms with Crippen molar-refractivity contribution in [1.82, 2.24) is 0 Å². The van der Waals surface area contributed by atoms with Crippen LogP contribution in [0.15, 0.2) is 47.6 Å². The molecule has 0 heterocycles. The van der Waals surface area contributed by atoms with E-state index in [-0.39, 0.29) is 29.7 Å². The second-order valence-corrected chi connectivity index (χ2v) is 9.21. The molecule has 0 unspecified atom stereocenters. The topological polar surface area (TPSA) is 105 Å². The Labute approximate surface area is 204 Å². The minimum Gasteiger partial charge on any atom is -0.478 e. The van der Waals surface area contributed by atoms with Crippen LogP contribution in [0.3, 0.4) is 0 Å². The number of rotatable bonds is 8. The lowest BCUT2D eigenvalue weighted by atomic mass is 9.86. The van der Waals surface area contributed by atoms with Gasteiger partial charge >= 0.3 is 12.1 Å². The molecule has 2 aromatic rings. The maximum absolute atomic E-state index is 14.6. The number of hydrogen-bond acceptors (Lipinski definition) is 4. The first-order chi connectivity index (χ1) is 17.0. The summed E-state index contributed by atoms with van der Waals surface area (Å²) in [5.74, 6) is -2.45. The van der Waals surface area contributed by atoms with E-state index in [0.29, 0.717) is 29.7 Å². The van der Waals surface area contributed by atoms with Gasteiger partial charge in [-0.1, -0.05) is 18.6 Å². The van der Waals surface area contributed by atoms with Gasteiger partial charge in [0.1, 0.15) is 5.82 Å². The van der Waals surface area contributed by atoms with Gasteiger partial charge in [0.15, 0.2) is 0 Å². The highest BCUT2D eigenvalue weighted by Gasteiger charge is 2.53. The van der Waals surface area contributed by atoms with Crippen LogP contribution in [-0.4, -0.2) is 29.7 Å². The summed E-state index contributed by atoms with van der Waals surface area (Å²) in [7, 11) is 0. The van der Waals surface area contributed by atoms with E-state index in [4.69, 9.17) is 5.73 Å². The Kier molecular flexibility index (Phi) is 6.88. The Morgan fingerprint density at radius 3 is 2.39 bits per heavy atom. The zero-order valence-corrected chi connectivity index (χ0v) is 19.2. The molecule has 4 rings (SSSR count).